The maximum atomic E-state index is 12.9. The van der Waals surface area contributed by atoms with Gasteiger partial charge in [0, 0.05) is 44.2 Å². The van der Waals surface area contributed by atoms with Crippen molar-refractivity contribution in [3.63, 3.8) is 0 Å². The van der Waals surface area contributed by atoms with E-state index in [0.29, 0.717) is 18.4 Å². The van der Waals surface area contributed by atoms with Crippen molar-refractivity contribution in [2.24, 2.45) is 0 Å². The lowest BCUT2D eigenvalue weighted by Gasteiger charge is -2.44. The minimum absolute atomic E-state index is 0.119. The topological polar surface area (TPSA) is 44.8 Å². The van der Waals surface area contributed by atoms with Crippen molar-refractivity contribution in [3.8, 4) is 0 Å². The van der Waals surface area contributed by atoms with Gasteiger partial charge in [0.15, 0.2) is 0 Å². The molecule has 5 nitrogen and oxygen atoms in total. The van der Waals surface area contributed by atoms with Crippen LogP contribution in [0.5, 0.6) is 0 Å². The lowest BCUT2D eigenvalue weighted by molar-refractivity contribution is -0.137. The number of hydrogen-bond acceptors (Lipinski definition) is 4. The molecule has 0 radical (unpaired) electrons. The van der Waals surface area contributed by atoms with Gasteiger partial charge in [-0.25, -0.2) is 0 Å². The molecule has 1 amide bonds. The van der Waals surface area contributed by atoms with Crippen molar-refractivity contribution in [1.29, 1.82) is 0 Å². The minimum Gasteiger partial charge on any atom is -0.379 e. The maximum Gasteiger partial charge on any atom is 0.224 e. The van der Waals surface area contributed by atoms with Gasteiger partial charge < -0.3 is 15.0 Å². The lowest BCUT2D eigenvalue weighted by atomic mass is 9.89. The Hall–Kier alpha value is -0.650. The summed E-state index contributed by atoms with van der Waals surface area (Å²) in [4.78, 5) is 17.6. The van der Waals surface area contributed by atoms with Crippen molar-refractivity contribution in [2.75, 3.05) is 46.4 Å². The van der Waals surface area contributed by atoms with E-state index in [2.05, 4.69) is 15.1 Å². The smallest absolute Gasteiger partial charge is 0.224 e. The molecule has 2 saturated heterocycles. The van der Waals surface area contributed by atoms with Crippen molar-refractivity contribution in [3.05, 3.63) is 0 Å². The van der Waals surface area contributed by atoms with E-state index >= 15 is 0 Å². The standard InChI is InChI=1S/C17H31N3O2/c1-18-15-5-4-8-19(14-15)16(21)13-17(6-2-3-7-17)20-9-11-22-12-10-20/h15,18H,2-14H2,1H3. The van der Waals surface area contributed by atoms with Gasteiger partial charge >= 0.3 is 0 Å². The molecule has 1 unspecified atom stereocenters. The number of piperidine rings is 1. The predicted molar refractivity (Wildman–Crippen MR) is 86.9 cm³/mol. The second-order valence-electron chi connectivity index (χ2n) is 7.18. The Morgan fingerprint density at radius 2 is 1.91 bits per heavy atom. The summed E-state index contributed by atoms with van der Waals surface area (Å²) in [6.45, 7) is 5.45. The van der Waals surface area contributed by atoms with Gasteiger partial charge in [0.1, 0.15) is 0 Å². The fourth-order valence-electron chi connectivity index (χ4n) is 4.51. The molecular weight excluding hydrogens is 278 g/mol. The van der Waals surface area contributed by atoms with Gasteiger partial charge in [-0.15, -0.1) is 0 Å². The largest absolute Gasteiger partial charge is 0.379 e. The number of carbonyl (C=O) groups is 1. The molecule has 3 rings (SSSR count). The molecule has 1 aliphatic carbocycles. The van der Waals surface area contributed by atoms with Gasteiger partial charge in [-0.05, 0) is 32.7 Å². The van der Waals surface area contributed by atoms with E-state index < -0.39 is 0 Å². The van der Waals surface area contributed by atoms with Crippen molar-refractivity contribution in [2.45, 2.75) is 56.5 Å². The quantitative estimate of drug-likeness (QED) is 0.848. The van der Waals surface area contributed by atoms with Crippen LogP contribution in [0.25, 0.3) is 0 Å². The highest BCUT2D eigenvalue weighted by Gasteiger charge is 2.42. The predicted octanol–water partition coefficient (Wildman–Crippen LogP) is 1.23. The molecule has 2 aliphatic heterocycles. The fourth-order valence-corrected chi connectivity index (χ4v) is 4.51. The first-order valence-electron chi connectivity index (χ1n) is 9.01. The van der Waals surface area contributed by atoms with E-state index in [1.807, 2.05) is 7.05 Å². The summed E-state index contributed by atoms with van der Waals surface area (Å²) in [5.41, 5.74) is 0.119. The third kappa shape index (κ3) is 3.47. The molecule has 1 saturated carbocycles. The molecule has 1 atom stereocenters. The number of morpholine rings is 1. The number of amides is 1. The van der Waals surface area contributed by atoms with Crippen LogP contribution in [-0.2, 0) is 9.53 Å². The Balaban J connectivity index is 1.64. The molecule has 3 fully saturated rings. The van der Waals surface area contributed by atoms with Crippen molar-refractivity contribution < 1.29 is 9.53 Å². The molecule has 126 valence electrons. The molecule has 5 heteroatoms. The second kappa shape index (κ2) is 7.28. The van der Waals surface area contributed by atoms with Crippen LogP contribution in [0.4, 0.5) is 0 Å². The van der Waals surface area contributed by atoms with Crippen LogP contribution in [0.1, 0.15) is 44.9 Å². The van der Waals surface area contributed by atoms with Gasteiger partial charge in [-0.2, -0.15) is 0 Å². The van der Waals surface area contributed by atoms with E-state index in [1.165, 1.54) is 32.1 Å². The van der Waals surface area contributed by atoms with Crippen LogP contribution in [0.15, 0.2) is 0 Å². The van der Waals surface area contributed by atoms with Gasteiger partial charge in [-0.1, -0.05) is 12.8 Å². The first-order valence-corrected chi connectivity index (χ1v) is 9.01. The average Bonchev–Trinajstić information content (AvgIpc) is 3.05. The van der Waals surface area contributed by atoms with E-state index in [1.54, 1.807) is 0 Å². The number of likely N-dealkylation sites (N-methyl/N-ethyl adjacent to an activating group) is 1. The summed E-state index contributed by atoms with van der Waals surface area (Å²) in [6.07, 6.45) is 7.93. The molecule has 0 aromatic rings. The van der Waals surface area contributed by atoms with Crippen molar-refractivity contribution in [1.82, 2.24) is 15.1 Å². The summed E-state index contributed by atoms with van der Waals surface area (Å²) >= 11 is 0. The average molecular weight is 309 g/mol. The molecule has 2 heterocycles. The summed E-state index contributed by atoms with van der Waals surface area (Å²) in [6, 6.07) is 0.473. The van der Waals surface area contributed by atoms with Crippen LogP contribution < -0.4 is 5.32 Å². The first kappa shape index (κ1) is 16.2. The number of nitrogens with one attached hydrogen (secondary N) is 1. The number of rotatable bonds is 4. The highest BCUT2D eigenvalue weighted by Crippen LogP contribution is 2.39. The Morgan fingerprint density at radius 3 is 2.59 bits per heavy atom. The minimum atomic E-state index is 0.119. The van der Waals surface area contributed by atoms with Gasteiger partial charge in [-0.3, -0.25) is 9.69 Å². The van der Waals surface area contributed by atoms with E-state index in [-0.39, 0.29) is 5.54 Å². The first-order chi connectivity index (χ1) is 10.7. The van der Waals surface area contributed by atoms with Crippen molar-refractivity contribution >= 4 is 5.91 Å². The lowest BCUT2D eigenvalue weighted by Crippen LogP contribution is -2.55. The normalized spacial score (nSPS) is 29.7. The molecule has 1 N–H and O–H groups in total. The van der Waals surface area contributed by atoms with E-state index in [9.17, 15) is 4.79 Å². The van der Waals surface area contributed by atoms with Gasteiger partial charge in [0.25, 0.3) is 0 Å². The third-order valence-corrected chi connectivity index (χ3v) is 5.88. The molecule has 0 bridgehead atoms. The van der Waals surface area contributed by atoms with E-state index in [0.717, 1.165) is 45.8 Å². The molecule has 0 aromatic heterocycles. The van der Waals surface area contributed by atoms with Crippen LogP contribution >= 0.6 is 0 Å². The Kier molecular flexibility index (Phi) is 5.37. The van der Waals surface area contributed by atoms with Gasteiger partial charge in [0.05, 0.1) is 13.2 Å². The molecule has 0 aromatic carbocycles. The monoisotopic (exact) mass is 309 g/mol. The third-order valence-electron chi connectivity index (χ3n) is 5.88. The zero-order chi connectivity index (χ0) is 15.4. The number of ether oxygens (including phenoxy) is 1. The molecule has 0 spiro atoms. The summed E-state index contributed by atoms with van der Waals surface area (Å²) < 4.78 is 5.51. The zero-order valence-corrected chi connectivity index (χ0v) is 14.0. The number of carbonyl (C=O) groups excluding carboxylic acids is 1. The zero-order valence-electron chi connectivity index (χ0n) is 14.0. The Labute approximate surface area is 134 Å². The number of likely N-dealkylation sites (tertiary alicyclic amines) is 1. The summed E-state index contributed by atoms with van der Waals surface area (Å²) in [5, 5.41) is 3.33. The van der Waals surface area contributed by atoms with Crippen LogP contribution in [0.2, 0.25) is 0 Å². The fraction of sp³-hybridized carbons (Fsp3) is 0.941. The van der Waals surface area contributed by atoms with Crippen LogP contribution in [0, 0.1) is 0 Å². The number of nitrogens with zero attached hydrogens (tertiary/aromatic N) is 2. The summed E-state index contributed by atoms with van der Waals surface area (Å²) in [7, 11) is 2.00. The highest BCUT2D eigenvalue weighted by atomic mass is 16.5. The van der Waals surface area contributed by atoms with Gasteiger partial charge in [0.2, 0.25) is 5.91 Å². The Bertz CT molecular complexity index is 376. The number of hydrogen-bond donors (Lipinski definition) is 1. The van der Waals surface area contributed by atoms with Crippen LogP contribution in [-0.4, -0.2) is 73.7 Å². The Morgan fingerprint density at radius 1 is 1.18 bits per heavy atom. The molecule has 3 aliphatic rings. The second-order valence-corrected chi connectivity index (χ2v) is 7.18. The molecule has 22 heavy (non-hydrogen) atoms. The summed E-state index contributed by atoms with van der Waals surface area (Å²) in [5.74, 6) is 0.369. The SMILES string of the molecule is CNC1CCCN(C(=O)CC2(N3CCOCC3)CCCC2)C1. The molecular formula is C17H31N3O2. The maximum absolute atomic E-state index is 12.9. The van der Waals surface area contributed by atoms with Crippen LogP contribution in [0.3, 0.4) is 0 Å². The highest BCUT2D eigenvalue weighted by molar-refractivity contribution is 5.77. The van der Waals surface area contributed by atoms with E-state index in [4.69, 9.17) is 4.74 Å².